The third-order valence-corrected chi connectivity index (χ3v) is 2.51. The topological polar surface area (TPSA) is 56.1 Å². The summed E-state index contributed by atoms with van der Waals surface area (Å²) in [4.78, 5) is 13.3. The molecule has 17 heavy (non-hydrogen) atoms. The normalized spacial score (nSPS) is 12.5. The fourth-order valence-corrected chi connectivity index (χ4v) is 1.42. The minimum Gasteiger partial charge on any atom is -0.399 e. The molecule has 7 heteroatoms. The van der Waals surface area contributed by atoms with Crippen molar-refractivity contribution in [3.63, 3.8) is 0 Å². The zero-order valence-electron chi connectivity index (χ0n) is 9.57. The van der Waals surface area contributed by atoms with Crippen molar-refractivity contribution in [1.82, 2.24) is 4.98 Å². The van der Waals surface area contributed by atoms with Crippen molar-refractivity contribution in [3.05, 3.63) is 28.0 Å². The molecule has 0 spiro atoms. The van der Waals surface area contributed by atoms with E-state index in [1.54, 1.807) is 13.0 Å². The Bertz CT molecular complexity index is 461. The summed E-state index contributed by atoms with van der Waals surface area (Å²) in [5.41, 5.74) is 1.65. The van der Waals surface area contributed by atoms with Crippen LogP contribution in [0.25, 0.3) is 0 Å². The van der Waals surface area contributed by atoms with Crippen molar-refractivity contribution in [2.45, 2.75) is 6.92 Å². The average Bonchev–Trinajstić information content (AvgIpc) is 2.30. The van der Waals surface area contributed by atoms with Gasteiger partial charge in [-0.1, -0.05) is 33.5 Å². The van der Waals surface area contributed by atoms with Crippen LogP contribution in [0.15, 0.2) is 22.6 Å². The molecule has 0 saturated carbocycles. The lowest BCUT2D eigenvalue weighted by molar-refractivity contribution is 0.210. The van der Waals surface area contributed by atoms with Crippen LogP contribution in [0, 0.1) is 0 Å². The molecule has 1 rings (SSSR count). The maximum absolute atomic E-state index is 5.88. The van der Waals surface area contributed by atoms with E-state index in [4.69, 9.17) is 28.0 Å². The highest BCUT2D eigenvalue weighted by molar-refractivity contribution is 6.48. The van der Waals surface area contributed by atoms with Gasteiger partial charge in [-0.3, -0.25) is 0 Å². The van der Waals surface area contributed by atoms with E-state index in [1.165, 1.54) is 20.4 Å². The molecule has 1 aromatic rings. The maximum atomic E-state index is 5.88. The molecule has 0 amide bonds. The van der Waals surface area contributed by atoms with E-state index in [2.05, 4.69) is 20.1 Å². The van der Waals surface area contributed by atoms with Gasteiger partial charge in [0.1, 0.15) is 30.8 Å². The summed E-state index contributed by atoms with van der Waals surface area (Å²) in [6.45, 7) is 1.73. The Balaban J connectivity index is 3.20. The lowest BCUT2D eigenvalue weighted by Crippen LogP contribution is -2.13. The van der Waals surface area contributed by atoms with Gasteiger partial charge in [-0.05, 0) is 13.0 Å². The molecular weight excluding hydrogens is 265 g/mol. The third kappa shape index (κ3) is 3.57. The maximum Gasteiger partial charge on any atom is 0.147 e. The van der Waals surface area contributed by atoms with Crippen molar-refractivity contribution in [2.24, 2.45) is 10.3 Å². The average molecular weight is 276 g/mol. The molecule has 0 saturated heterocycles. The van der Waals surface area contributed by atoms with Gasteiger partial charge in [0.15, 0.2) is 0 Å². The summed E-state index contributed by atoms with van der Waals surface area (Å²) < 4.78 is 0. The molecular formula is C10H11Cl2N3O2. The van der Waals surface area contributed by atoms with Gasteiger partial charge >= 0.3 is 0 Å². The fraction of sp³-hybridized carbons (Fsp3) is 0.300. The minimum atomic E-state index is 0.230. The summed E-state index contributed by atoms with van der Waals surface area (Å²) >= 11 is 11.6. The Morgan fingerprint density at radius 2 is 1.88 bits per heavy atom. The van der Waals surface area contributed by atoms with Crippen molar-refractivity contribution in [1.29, 1.82) is 0 Å². The van der Waals surface area contributed by atoms with Gasteiger partial charge in [-0.25, -0.2) is 4.98 Å². The van der Waals surface area contributed by atoms with Crippen LogP contribution in [0.2, 0.25) is 10.2 Å². The van der Waals surface area contributed by atoms with Crippen molar-refractivity contribution < 1.29 is 9.68 Å². The molecule has 0 aliphatic heterocycles. The molecule has 0 aromatic carbocycles. The van der Waals surface area contributed by atoms with Crippen LogP contribution >= 0.6 is 23.2 Å². The third-order valence-electron chi connectivity index (χ3n) is 1.82. The summed E-state index contributed by atoms with van der Waals surface area (Å²) in [7, 11) is 2.88. The van der Waals surface area contributed by atoms with E-state index in [0.29, 0.717) is 22.0 Å². The van der Waals surface area contributed by atoms with E-state index in [1.807, 2.05) is 0 Å². The lowest BCUT2D eigenvalue weighted by Gasteiger charge is -2.05. The van der Waals surface area contributed by atoms with E-state index < -0.39 is 0 Å². The Labute approximate surface area is 109 Å². The molecule has 5 nitrogen and oxygen atoms in total. The molecule has 0 fully saturated rings. The van der Waals surface area contributed by atoms with E-state index in [9.17, 15) is 0 Å². The Kier molecular flexibility index (Phi) is 5.18. The SMILES string of the molecule is CON=C(C)C(=NOC)c1cnc(Cl)c(Cl)c1. The second kappa shape index (κ2) is 6.42. The predicted molar refractivity (Wildman–Crippen MR) is 67.9 cm³/mol. The molecule has 0 aliphatic carbocycles. The second-order valence-corrected chi connectivity index (χ2v) is 3.74. The van der Waals surface area contributed by atoms with Crippen LogP contribution < -0.4 is 0 Å². The minimum absolute atomic E-state index is 0.230. The number of oxime groups is 2. The molecule has 0 unspecified atom stereocenters. The summed E-state index contributed by atoms with van der Waals surface area (Å²) in [6, 6.07) is 1.63. The monoisotopic (exact) mass is 275 g/mol. The standard InChI is InChI=1S/C10H11Cl2N3O2/c1-6(14-16-2)9(15-17-3)7-4-8(11)10(12)13-5-7/h4-5H,1-3H3. The van der Waals surface area contributed by atoms with Crippen LogP contribution in [0.5, 0.6) is 0 Å². The highest BCUT2D eigenvalue weighted by atomic mass is 35.5. The first kappa shape index (κ1) is 13.7. The van der Waals surface area contributed by atoms with E-state index in [-0.39, 0.29) is 5.15 Å². The molecule has 0 aliphatic rings. The van der Waals surface area contributed by atoms with Gasteiger partial charge in [-0.2, -0.15) is 0 Å². The van der Waals surface area contributed by atoms with Crippen LogP contribution in [0.1, 0.15) is 12.5 Å². The zero-order valence-corrected chi connectivity index (χ0v) is 11.1. The smallest absolute Gasteiger partial charge is 0.147 e. The van der Waals surface area contributed by atoms with Crippen LogP contribution in [0.3, 0.4) is 0 Å². The summed E-state index contributed by atoms with van der Waals surface area (Å²) in [5, 5.41) is 8.18. The zero-order chi connectivity index (χ0) is 12.8. The van der Waals surface area contributed by atoms with Gasteiger partial charge in [0.25, 0.3) is 0 Å². The Morgan fingerprint density at radius 1 is 1.24 bits per heavy atom. The quantitative estimate of drug-likeness (QED) is 0.482. The van der Waals surface area contributed by atoms with Gasteiger partial charge in [0.2, 0.25) is 0 Å². The Hall–Kier alpha value is -1.33. The van der Waals surface area contributed by atoms with Gasteiger partial charge in [-0.15, -0.1) is 0 Å². The number of nitrogens with zero attached hydrogens (tertiary/aromatic N) is 3. The molecule has 1 heterocycles. The lowest BCUT2D eigenvalue weighted by atomic mass is 10.1. The van der Waals surface area contributed by atoms with Crippen molar-refractivity contribution in [3.8, 4) is 0 Å². The van der Waals surface area contributed by atoms with Crippen LogP contribution in [0.4, 0.5) is 0 Å². The highest BCUT2D eigenvalue weighted by Crippen LogP contribution is 2.20. The van der Waals surface area contributed by atoms with Gasteiger partial charge < -0.3 is 9.68 Å². The number of pyridine rings is 1. The highest BCUT2D eigenvalue weighted by Gasteiger charge is 2.12. The molecule has 1 aromatic heterocycles. The summed E-state index contributed by atoms with van der Waals surface area (Å²) in [6.07, 6.45) is 1.53. The van der Waals surface area contributed by atoms with Gasteiger partial charge in [0, 0.05) is 11.8 Å². The number of hydrogen-bond acceptors (Lipinski definition) is 5. The van der Waals surface area contributed by atoms with E-state index in [0.717, 1.165) is 0 Å². The first-order valence-corrected chi connectivity index (χ1v) is 5.36. The molecule has 0 radical (unpaired) electrons. The summed E-state index contributed by atoms with van der Waals surface area (Å²) in [5.74, 6) is 0. The molecule has 92 valence electrons. The van der Waals surface area contributed by atoms with Crippen molar-refractivity contribution >= 4 is 34.6 Å². The number of halogens is 2. The second-order valence-electron chi connectivity index (χ2n) is 2.98. The predicted octanol–water partition coefficient (Wildman–Crippen LogP) is 2.76. The fourth-order valence-electron chi connectivity index (χ4n) is 1.15. The molecule has 0 N–H and O–H groups in total. The molecule has 0 bridgehead atoms. The van der Waals surface area contributed by atoms with Crippen LogP contribution in [-0.4, -0.2) is 30.6 Å². The number of rotatable bonds is 4. The first-order chi connectivity index (χ1) is 8.10. The van der Waals surface area contributed by atoms with Crippen molar-refractivity contribution in [2.75, 3.05) is 14.2 Å². The Morgan fingerprint density at radius 3 is 2.41 bits per heavy atom. The molecule has 0 atom stereocenters. The first-order valence-electron chi connectivity index (χ1n) is 4.60. The van der Waals surface area contributed by atoms with E-state index >= 15 is 0 Å². The van der Waals surface area contributed by atoms with Gasteiger partial charge in [0.05, 0.1) is 5.02 Å². The number of aromatic nitrogens is 1. The number of hydrogen-bond donors (Lipinski definition) is 0. The largest absolute Gasteiger partial charge is 0.399 e. The van der Waals surface area contributed by atoms with Crippen LogP contribution in [-0.2, 0) is 9.68 Å².